The first-order valence-corrected chi connectivity index (χ1v) is 9.07. The first-order valence-electron chi connectivity index (χ1n) is 8.69. The van der Waals surface area contributed by atoms with Crippen molar-refractivity contribution in [1.82, 2.24) is 5.48 Å². The maximum Gasteiger partial charge on any atom is 0.573 e. The molecule has 0 aliphatic carbocycles. The van der Waals surface area contributed by atoms with Crippen LogP contribution in [0.4, 0.5) is 18.9 Å². The number of hydrogen-bond donors (Lipinski definition) is 1. The number of alkyl halides is 3. The molecule has 1 N–H and O–H groups in total. The fourth-order valence-corrected chi connectivity index (χ4v) is 3.35. The highest BCUT2D eigenvalue weighted by Crippen LogP contribution is 2.31. The van der Waals surface area contributed by atoms with Gasteiger partial charge in [0.1, 0.15) is 11.6 Å². The van der Waals surface area contributed by atoms with Gasteiger partial charge in [0.2, 0.25) is 12.1 Å². The van der Waals surface area contributed by atoms with Gasteiger partial charge in [0.15, 0.2) is 0 Å². The number of carbonyl (C=O) groups is 1. The van der Waals surface area contributed by atoms with E-state index >= 15 is 0 Å². The van der Waals surface area contributed by atoms with E-state index in [1.165, 1.54) is 24.3 Å². The molecule has 1 saturated heterocycles. The zero-order chi connectivity index (χ0) is 20.6. The third-order valence-corrected chi connectivity index (χ3v) is 4.83. The van der Waals surface area contributed by atoms with Gasteiger partial charge >= 0.3 is 6.36 Å². The van der Waals surface area contributed by atoms with E-state index in [-0.39, 0.29) is 24.0 Å². The van der Waals surface area contributed by atoms with E-state index in [1.54, 1.807) is 29.2 Å². The van der Waals surface area contributed by atoms with E-state index in [0.717, 1.165) is 5.69 Å². The molecular weight excluding hydrogens is 411 g/mol. The number of benzene rings is 2. The molecular formula is C19H15ClF3N3O3. The Morgan fingerprint density at radius 2 is 1.83 bits per heavy atom. The Morgan fingerprint density at radius 1 is 1.14 bits per heavy atom. The minimum Gasteiger partial charge on any atom is -0.406 e. The number of amidine groups is 1. The molecule has 10 heteroatoms. The van der Waals surface area contributed by atoms with Gasteiger partial charge < -0.3 is 9.64 Å². The lowest BCUT2D eigenvalue weighted by Crippen LogP contribution is -2.29. The van der Waals surface area contributed by atoms with Gasteiger partial charge in [-0.25, -0.2) is 9.83 Å². The van der Waals surface area contributed by atoms with E-state index in [0.29, 0.717) is 23.0 Å². The van der Waals surface area contributed by atoms with Crippen LogP contribution < -0.4 is 15.1 Å². The summed E-state index contributed by atoms with van der Waals surface area (Å²) in [7, 11) is 0. The SMILES string of the molecule is O=C1CC(C2=NC(c3ccc(OC(F)(F)F)cc3)ON2)CN1c1ccc(Cl)cc1. The molecule has 2 atom stereocenters. The Labute approximate surface area is 168 Å². The second-order valence-electron chi connectivity index (χ2n) is 6.59. The Morgan fingerprint density at radius 3 is 2.48 bits per heavy atom. The van der Waals surface area contributed by atoms with Crippen LogP contribution in [-0.2, 0) is 9.63 Å². The van der Waals surface area contributed by atoms with Crippen molar-refractivity contribution in [2.45, 2.75) is 19.0 Å². The van der Waals surface area contributed by atoms with Crippen molar-refractivity contribution in [3.05, 3.63) is 59.1 Å². The molecule has 2 aliphatic rings. The van der Waals surface area contributed by atoms with Crippen LogP contribution in [0, 0.1) is 5.92 Å². The predicted octanol–water partition coefficient (Wildman–Crippen LogP) is 4.22. The smallest absolute Gasteiger partial charge is 0.406 e. The number of amides is 1. The van der Waals surface area contributed by atoms with Crippen LogP contribution in [0.25, 0.3) is 0 Å². The largest absolute Gasteiger partial charge is 0.573 e. The Kier molecular flexibility index (Phi) is 5.10. The second kappa shape index (κ2) is 7.57. The van der Waals surface area contributed by atoms with Crippen molar-refractivity contribution in [1.29, 1.82) is 0 Å². The zero-order valence-electron chi connectivity index (χ0n) is 14.8. The number of ether oxygens (including phenoxy) is 1. The maximum absolute atomic E-state index is 12.4. The zero-order valence-corrected chi connectivity index (χ0v) is 15.6. The molecule has 0 radical (unpaired) electrons. The molecule has 2 aromatic rings. The van der Waals surface area contributed by atoms with E-state index in [1.807, 2.05) is 0 Å². The van der Waals surface area contributed by atoms with Crippen molar-refractivity contribution in [2.24, 2.45) is 10.9 Å². The summed E-state index contributed by atoms with van der Waals surface area (Å²) >= 11 is 5.89. The first-order chi connectivity index (χ1) is 13.8. The molecule has 2 aliphatic heterocycles. The average molecular weight is 426 g/mol. The van der Waals surface area contributed by atoms with E-state index in [4.69, 9.17) is 16.4 Å². The van der Waals surface area contributed by atoms with Gasteiger partial charge in [-0.2, -0.15) is 0 Å². The summed E-state index contributed by atoms with van der Waals surface area (Å²) in [6.07, 6.45) is -5.20. The van der Waals surface area contributed by atoms with Gasteiger partial charge in [-0.1, -0.05) is 23.7 Å². The fraction of sp³-hybridized carbons (Fsp3) is 0.263. The number of halogens is 4. The normalized spacial score (nSPS) is 21.9. The third kappa shape index (κ3) is 4.46. The summed E-state index contributed by atoms with van der Waals surface area (Å²) in [5.74, 6) is -0.0261. The lowest BCUT2D eigenvalue weighted by atomic mass is 10.1. The van der Waals surface area contributed by atoms with Crippen molar-refractivity contribution >= 4 is 29.0 Å². The topological polar surface area (TPSA) is 63.2 Å². The summed E-state index contributed by atoms with van der Waals surface area (Å²) in [4.78, 5) is 23.9. The Hall–Kier alpha value is -2.78. The van der Waals surface area contributed by atoms with Gasteiger partial charge in [-0.05, 0) is 36.4 Å². The molecule has 1 fully saturated rings. The van der Waals surface area contributed by atoms with Crippen LogP contribution >= 0.6 is 11.6 Å². The van der Waals surface area contributed by atoms with E-state index in [9.17, 15) is 18.0 Å². The highest BCUT2D eigenvalue weighted by Gasteiger charge is 2.37. The molecule has 0 saturated carbocycles. The molecule has 4 rings (SSSR count). The minimum absolute atomic E-state index is 0.0427. The number of hydrogen-bond acceptors (Lipinski definition) is 5. The molecule has 1 amide bonds. The van der Waals surface area contributed by atoms with Crippen LogP contribution in [0.5, 0.6) is 5.75 Å². The van der Waals surface area contributed by atoms with Crippen molar-refractivity contribution < 1.29 is 27.5 Å². The van der Waals surface area contributed by atoms with Gasteiger partial charge in [-0.3, -0.25) is 10.3 Å². The molecule has 0 spiro atoms. The van der Waals surface area contributed by atoms with Gasteiger partial charge in [-0.15, -0.1) is 13.2 Å². The molecule has 29 heavy (non-hydrogen) atoms. The van der Waals surface area contributed by atoms with Crippen LogP contribution in [0.15, 0.2) is 53.5 Å². The molecule has 2 aromatic carbocycles. The maximum atomic E-state index is 12.4. The summed E-state index contributed by atoms with van der Waals surface area (Å²) < 4.78 is 40.6. The molecule has 152 valence electrons. The molecule has 2 unspecified atom stereocenters. The van der Waals surface area contributed by atoms with Crippen molar-refractivity contribution in [2.75, 3.05) is 11.4 Å². The number of nitrogens with one attached hydrogen (secondary N) is 1. The summed E-state index contributed by atoms with van der Waals surface area (Å²) in [6, 6.07) is 12.3. The van der Waals surface area contributed by atoms with Gasteiger partial charge in [0, 0.05) is 35.2 Å². The monoisotopic (exact) mass is 425 g/mol. The average Bonchev–Trinajstić information content (AvgIpc) is 3.29. The minimum atomic E-state index is -4.75. The van der Waals surface area contributed by atoms with Crippen LogP contribution in [0.2, 0.25) is 5.02 Å². The van der Waals surface area contributed by atoms with E-state index < -0.39 is 12.6 Å². The molecule has 6 nitrogen and oxygen atoms in total. The van der Waals surface area contributed by atoms with Crippen LogP contribution in [0.3, 0.4) is 0 Å². The number of anilines is 1. The van der Waals surface area contributed by atoms with Crippen molar-refractivity contribution in [3.8, 4) is 5.75 Å². The number of rotatable bonds is 4. The van der Waals surface area contributed by atoms with Crippen molar-refractivity contribution in [3.63, 3.8) is 0 Å². The molecule has 0 aromatic heterocycles. The predicted molar refractivity (Wildman–Crippen MR) is 99.4 cm³/mol. The lowest BCUT2D eigenvalue weighted by Gasteiger charge is -2.16. The van der Waals surface area contributed by atoms with Crippen LogP contribution in [-0.4, -0.2) is 24.6 Å². The van der Waals surface area contributed by atoms with Gasteiger partial charge in [0.25, 0.3) is 0 Å². The van der Waals surface area contributed by atoms with E-state index in [2.05, 4.69) is 15.2 Å². The van der Waals surface area contributed by atoms with Crippen LogP contribution in [0.1, 0.15) is 18.2 Å². The number of carbonyl (C=O) groups excluding carboxylic acids is 1. The summed E-state index contributed by atoms with van der Waals surface area (Å²) in [5.41, 5.74) is 4.05. The first kappa shape index (κ1) is 19.5. The quantitative estimate of drug-likeness (QED) is 0.796. The van der Waals surface area contributed by atoms with Gasteiger partial charge in [0.05, 0.1) is 0 Å². The molecule has 0 bridgehead atoms. The second-order valence-corrected chi connectivity index (χ2v) is 7.02. The lowest BCUT2D eigenvalue weighted by molar-refractivity contribution is -0.274. The summed E-state index contributed by atoms with van der Waals surface area (Å²) in [6.45, 7) is 0.431. The fourth-order valence-electron chi connectivity index (χ4n) is 3.22. The highest BCUT2D eigenvalue weighted by molar-refractivity contribution is 6.30. The standard InChI is InChI=1S/C19H15ClF3N3O3/c20-13-3-5-14(6-4-13)26-10-12(9-16(26)27)17-24-18(29-25-17)11-1-7-15(8-2-11)28-19(21,22)23/h1-8,12,18H,9-10H2,(H,24,25). The Bertz CT molecular complexity index is 932. The Balaban J connectivity index is 1.43. The number of aliphatic imine (C=N–C) groups is 1. The molecule has 2 heterocycles. The summed E-state index contributed by atoms with van der Waals surface area (Å²) in [5, 5.41) is 0.585. The highest BCUT2D eigenvalue weighted by atomic mass is 35.5. The number of hydroxylamine groups is 1. The third-order valence-electron chi connectivity index (χ3n) is 4.58. The number of nitrogens with zero attached hydrogens (tertiary/aromatic N) is 2.